The van der Waals surface area contributed by atoms with Gasteiger partial charge in [-0.25, -0.2) is 9.18 Å². The van der Waals surface area contributed by atoms with Crippen LogP contribution in [0.15, 0.2) is 36.4 Å². The van der Waals surface area contributed by atoms with E-state index in [0.717, 1.165) is 6.07 Å². The Morgan fingerprint density at radius 2 is 1.67 bits per heavy atom. The van der Waals surface area contributed by atoms with Crippen molar-refractivity contribution in [3.8, 4) is 16.9 Å². The monoisotopic (exact) mass is 250 g/mol. The van der Waals surface area contributed by atoms with E-state index in [2.05, 4.69) is 0 Å². The fourth-order valence-corrected chi connectivity index (χ4v) is 1.61. The third kappa shape index (κ3) is 1.90. The Kier molecular flexibility index (Phi) is 2.97. The summed E-state index contributed by atoms with van der Waals surface area (Å²) in [4.78, 5) is 10.8. The molecule has 18 heavy (non-hydrogen) atoms. The summed E-state index contributed by atoms with van der Waals surface area (Å²) >= 11 is 0. The highest BCUT2D eigenvalue weighted by Crippen LogP contribution is 2.32. The summed E-state index contributed by atoms with van der Waals surface area (Å²) in [5.41, 5.74) is -0.549. The third-order valence-electron chi connectivity index (χ3n) is 2.50. The molecular formula is C13H8F2O3. The third-order valence-corrected chi connectivity index (χ3v) is 2.50. The fraction of sp³-hybridized carbons (Fsp3) is 0. The average molecular weight is 250 g/mol. The highest BCUT2D eigenvalue weighted by molar-refractivity contribution is 5.92. The summed E-state index contributed by atoms with van der Waals surface area (Å²) in [5.74, 6) is -5.55. The molecule has 2 aromatic carbocycles. The van der Waals surface area contributed by atoms with Crippen molar-refractivity contribution < 1.29 is 23.8 Å². The van der Waals surface area contributed by atoms with Crippen LogP contribution in [-0.4, -0.2) is 16.2 Å². The van der Waals surface area contributed by atoms with Gasteiger partial charge in [-0.15, -0.1) is 0 Å². The van der Waals surface area contributed by atoms with E-state index in [-0.39, 0.29) is 5.56 Å². The molecule has 0 heterocycles. The van der Waals surface area contributed by atoms with Gasteiger partial charge in [0.15, 0.2) is 11.6 Å². The first-order valence-corrected chi connectivity index (χ1v) is 5.02. The Morgan fingerprint density at radius 1 is 1.06 bits per heavy atom. The van der Waals surface area contributed by atoms with Gasteiger partial charge < -0.3 is 10.2 Å². The highest BCUT2D eigenvalue weighted by Gasteiger charge is 2.22. The molecule has 0 aromatic heterocycles. The van der Waals surface area contributed by atoms with Gasteiger partial charge in [0.05, 0.1) is 0 Å². The molecule has 2 N–H and O–H groups in total. The van der Waals surface area contributed by atoms with E-state index >= 15 is 0 Å². The molecule has 0 aliphatic rings. The molecule has 0 amide bonds. The lowest BCUT2D eigenvalue weighted by molar-refractivity contribution is 0.0692. The normalized spacial score (nSPS) is 10.3. The number of aromatic hydroxyl groups is 1. The summed E-state index contributed by atoms with van der Waals surface area (Å²) in [5, 5.41) is 18.0. The predicted molar refractivity (Wildman–Crippen MR) is 60.4 cm³/mol. The first kappa shape index (κ1) is 12.0. The lowest BCUT2D eigenvalue weighted by Crippen LogP contribution is -2.02. The van der Waals surface area contributed by atoms with Crippen molar-refractivity contribution in [1.29, 1.82) is 0 Å². The van der Waals surface area contributed by atoms with Crippen molar-refractivity contribution in [2.75, 3.05) is 0 Å². The molecule has 2 aromatic rings. The van der Waals surface area contributed by atoms with Crippen molar-refractivity contribution in [2.45, 2.75) is 0 Å². The maximum atomic E-state index is 13.7. The number of halogens is 2. The van der Waals surface area contributed by atoms with E-state index in [1.807, 2.05) is 0 Å². The van der Waals surface area contributed by atoms with E-state index in [9.17, 15) is 18.7 Å². The van der Waals surface area contributed by atoms with E-state index < -0.39 is 28.9 Å². The van der Waals surface area contributed by atoms with Gasteiger partial charge >= 0.3 is 5.97 Å². The SMILES string of the molecule is O=C(O)c1cc(-c2ccccc2)c(F)c(F)c1O. The van der Waals surface area contributed by atoms with Crippen molar-refractivity contribution in [1.82, 2.24) is 0 Å². The number of hydrogen-bond donors (Lipinski definition) is 2. The summed E-state index contributed by atoms with van der Waals surface area (Å²) < 4.78 is 27.1. The summed E-state index contributed by atoms with van der Waals surface area (Å²) in [6.07, 6.45) is 0. The number of carboxylic acid groups (broad SMARTS) is 1. The molecule has 0 saturated heterocycles. The van der Waals surface area contributed by atoms with Crippen LogP contribution < -0.4 is 0 Å². The van der Waals surface area contributed by atoms with Crippen molar-refractivity contribution >= 4 is 5.97 Å². The minimum Gasteiger partial charge on any atom is -0.504 e. The number of rotatable bonds is 2. The smallest absolute Gasteiger partial charge is 0.339 e. The molecule has 0 atom stereocenters. The number of benzene rings is 2. The topological polar surface area (TPSA) is 57.5 Å². The minimum absolute atomic E-state index is 0.205. The second-order valence-electron chi connectivity index (χ2n) is 3.62. The first-order chi connectivity index (χ1) is 8.52. The van der Waals surface area contributed by atoms with E-state index in [1.165, 1.54) is 12.1 Å². The zero-order valence-electron chi connectivity index (χ0n) is 9.02. The van der Waals surface area contributed by atoms with Crippen LogP contribution in [0.4, 0.5) is 8.78 Å². The van der Waals surface area contributed by atoms with Gasteiger partial charge in [-0.3, -0.25) is 0 Å². The zero-order chi connectivity index (χ0) is 13.3. The van der Waals surface area contributed by atoms with Gasteiger partial charge in [0.2, 0.25) is 5.82 Å². The molecule has 0 spiro atoms. The predicted octanol–water partition coefficient (Wildman–Crippen LogP) is 3.04. The fourth-order valence-electron chi connectivity index (χ4n) is 1.61. The molecule has 3 nitrogen and oxygen atoms in total. The second kappa shape index (κ2) is 4.44. The quantitative estimate of drug-likeness (QED) is 0.861. The largest absolute Gasteiger partial charge is 0.504 e. The van der Waals surface area contributed by atoms with E-state index in [1.54, 1.807) is 18.2 Å². The van der Waals surface area contributed by atoms with Crippen LogP contribution >= 0.6 is 0 Å². The van der Waals surface area contributed by atoms with Gasteiger partial charge in [-0.05, 0) is 11.6 Å². The molecule has 0 fully saturated rings. The van der Waals surface area contributed by atoms with Gasteiger partial charge in [-0.2, -0.15) is 4.39 Å². The lowest BCUT2D eigenvalue weighted by Gasteiger charge is -2.08. The van der Waals surface area contributed by atoms with E-state index in [4.69, 9.17) is 5.11 Å². The number of carbonyl (C=O) groups is 1. The maximum absolute atomic E-state index is 13.7. The average Bonchev–Trinajstić information content (AvgIpc) is 2.37. The molecule has 92 valence electrons. The summed E-state index contributed by atoms with van der Waals surface area (Å²) in [7, 11) is 0. The molecule has 0 radical (unpaired) electrons. The Morgan fingerprint density at radius 3 is 2.22 bits per heavy atom. The van der Waals surface area contributed by atoms with Crippen LogP contribution in [0.25, 0.3) is 11.1 Å². The number of carboxylic acids is 1. The number of hydrogen-bond acceptors (Lipinski definition) is 2. The zero-order valence-corrected chi connectivity index (χ0v) is 9.02. The Hall–Kier alpha value is -2.43. The standard InChI is InChI=1S/C13H8F2O3/c14-10-8(7-4-2-1-3-5-7)6-9(13(17)18)12(16)11(10)15/h1-6,16H,(H,17,18). The minimum atomic E-state index is -1.56. The Balaban J connectivity index is 2.73. The van der Waals surface area contributed by atoms with Crippen LogP contribution in [0.1, 0.15) is 10.4 Å². The van der Waals surface area contributed by atoms with Crippen molar-refractivity contribution in [3.05, 3.63) is 53.6 Å². The summed E-state index contributed by atoms with van der Waals surface area (Å²) in [6, 6.07) is 8.85. The highest BCUT2D eigenvalue weighted by atomic mass is 19.2. The van der Waals surface area contributed by atoms with Crippen molar-refractivity contribution in [3.63, 3.8) is 0 Å². The molecule has 2 rings (SSSR count). The molecule has 0 aliphatic heterocycles. The molecular weight excluding hydrogens is 242 g/mol. The van der Waals surface area contributed by atoms with Crippen LogP contribution in [0.3, 0.4) is 0 Å². The van der Waals surface area contributed by atoms with Gasteiger partial charge in [0.1, 0.15) is 5.56 Å². The molecule has 0 bridgehead atoms. The van der Waals surface area contributed by atoms with Crippen LogP contribution in [0.2, 0.25) is 0 Å². The van der Waals surface area contributed by atoms with Gasteiger partial charge in [-0.1, -0.05) is 30.3 Å². The molecule has 0 aliphatic carbocycles. The Labute approximate surface area is 101 Å². The number of phenols is 1. The summed E-state index contributed by atoms with van der Waals surface area (Å²) in [6.45, 7) is 0. The molecule has 0 unspecified atom stereocenters. The van der Waals surface area contributed by atoms with Gasteiger partial charge in [0.25, 0.3) is 0 Å². The second-order valence-corrected chi connectivity index (χ2v) is 3.62. The molecule has 0 saturated carbocycles. The van der Waals surface area contributed by atoms with Gasteiger partial charge in [0, 0.05) is 5.56 Å². The Bertz CT molecular complexity index is 609. The lowest BCUT2D eigenvalue weighted by atomic mass is 10.0. The molecule has 5 heteroatoms. The first-order valence-electron chi connectivity index (χ1n) is 5.02. The van der Waals surface area contributed by atoms with Crippen LogP contribution in [0, 0.1) is 11.6 Å². The number of aromatic carboxylic acids is 1. The van der Waals surface area contributed by atoms with Crippen LogP contribution in [-0.2, 0) is 0 Å². The maximum Gasteiger partial charge on any atom is 0.339 e. The van der Waals surface area contributed by atoms with Crippen molar-refractivity contribution in [2.24, 2.45) is 0 Å². The van der Waals surface area contributed by atoms with Crippen LogP contribution in [0.5, 0.6) is 5.75 Å². The van der Waals surface area contributed by atoms with E-state index in [0.29, 0.717) is 5.56 Å².